The number of rotatable bonds is 0. The van der Waals surface area contributed by atoms with Gasteiger partial charge in [-0.25, -0.2) is 0 Å². The lowest BCUT2D eigenvalue weighted by atomic mass is 9.91. The molecule has 1 aromatic carbocycles. The van der Waals surface area contributed by atoms with Crippen molar-refractivity contribution in [3.63, 3.8) is 0 Å². The highest BCUT2D eigenvalue weighted by atomic mass is 35.5. The Morgan fingerprint density at radius 2 is 2.13 bits per heavy atom. The van der Waals surface area contributed by atoms with E-state index < -0.39 is 0 Å². The summed E-state index contributed by atoms with van der Waals surface area (Å²) in [5, 5.41) is 2.37. The highest BCUT2D eigenvalue weighted by Gasteiger charge is 2.10. The van der Waals surface area contributed by atoms with Crippen LogP contribution in [0.15, 0.2) is 35.0 Å². The summed E-state index contributed by atoms with van der Waals surface area (Å²) < 4.78 is 5.59. The molecule has 0 spiro atoms. The molecule has 0 atom stereocenters. The molecule has 2 aromatic heterocycles. The Bertz CT molecular complexity index is 662. The number of nitrogens with zero attached hydrogens (tertiary/aromatic N) is 1. The second kappa shape index (κ2) is 3.01. The van der Waals surface area contributed by atoms with Gasteiger partial charge >= 0.3 is 0 Å². The molecule has 15 heavy (non-hydrogen) atoms. The van der Waals surface area contributed by atoms with E-state index >= 15 is 0 Å². The fourth-order valence-electron chi connectivity index (χ4n) is 1.73. The SMILES string of the molecule is [B]c1ccc(Cl)c2oc3cnccc3c12. The van der Waals surface area contributed by atoms with Crippen molar-refractivity contribution in [3.8, 4) is 0 Å². The monoisotopic (exact) mass is 213 g/mol. The summed E-state index contributed by atoms with van der Waals surface area (Å²) in [6, 6.07) is 5.38. The lowest BCUT2D eigenvalue weighted by Gasteiger charge is -1.96. The van der Waals surface area contributed by atoms with Crippen molar-refractivity contribution in [3.05, 3.63) is 35.6 Å². The van der Waals surface area contributed by atoms with Crippen molar-refractivity contribution in [2.45, 2.75) is 0 Å². The maximum atomic E-state index is 6.03. The maximum Gasteiger partial charge on any atom is 0.153 e. The first-order chi connectivity index (χ1) is 7.27. The van der Waals surface area contributed by atoms with Gasteiger partial charge in [-0.15, -0.1) is 0 Å². The molecular formula is C11H5BClNO. The van der Waals surface area contributed by atoms with Gasteiger partial charge in [-0.05, 0) is 12.1 Å². The van der Waals surface area contributed by atoms with Gasteiger partial charge in [0.05, 0.1) is 11.2 Å². The summed E-state index contributed by atoms with van der Waals surface area (Å²) >= 11 is 6.03. The van der Waals surface area contributed by atoms with Gasteiger partial charge in [-0.2, -0.15) is 0 Å². The van der Waals surface area contributed by atoms with Gasteiger partial charge in [-0.1, -0.05) is 23.1 Å². The van der Waals surface area contributed by atoms with Gasteiger partial charge in [0.25, 0.3) is 0 Å². The van der Waals surface area contributed by atoms with Crippen LogP contribution in [0.1, 0.15) is 0 Å². The average molecular weight is 213 g/mol. The number of hydrogen-bond donors (Lipinski definition) is 0. The molecule has 70 valence electrons. The van der Waals surface area contributed by atoms with Crippen molar-refractivity contribution < 1.29 is 4.42 Å². The number of hydrogen-bond acceptors (Lipinski definition) is 2. The second-order valence-electron chi connectivity index (χ2n) is 3.31. The molecule has 2 nitrogen and oxygen atoms in total. The second-order valence-corrected chi connectivity index (χ2v) is 3.72. The fraction of sp³-hybridized carbons (Fsp3) is 0. The van der Waals surface area contributed by atoms with Crippen molar-refractivity contribution in [2.75, 3.05) is 0 Å². The normalized spacial score (nSPS) is 11.3. The minimum Gasteiger partial charge on any atom is -0.453 e. The van der Waals surface area contributed by atoms with Crippen molar-refractivity contribution >= 4 is 46.8 Å². The molecule has 2 heterocycles. The molecule has 0 unspecified atom stereocenters. The Morgan fingerprint density at radius 3 is 3.00 bits per heavy atom. The van der Waals surface area contributed by atoms with Crippen LogP contribution in [0.5, 0.6) is 0 Å². The van der Waals surface area contributed by atoms with Crippen LogP contribution in [0.3, 0.4) is 0 Å². The standard InChI is InChI=1S/C11H5BClNO/c12-7-1-2-8(13)11-10(7)6-3-4-14-5-9(6)15-11/h1-5H. The molecule has 2 radical (unpaired) electrons. The lowest BCUT2D eigenvalue weighted by Crippen LogP contribution is -2.01. The molecule has 0 aliphatic rings. The molecule has 0 aliphatic heterocycles. The number of fused-ring (bicyclic) bond motifs is 3. The van der Waals surface area contributed by atoms with Gasteiger partial charge in [0, 0.05) is 17.0 Å². The number of furan rings is 1. The third-order valence-corrected chi connectivity index (χ3v) is 2.71. The fourth-order valence-corrected chi connectivity index (χ4v) is 1.92. The van der Waals surface area contributed by atoms with Gasteiger partial charge in [-0.3, -0.25) is 4.98 Å². The topological polar surface area (TPSA) is 26.0 Å². The van der Waals surface area contributed by atoms with Crippen molar-refractivity contribution in [1.29, 1.82) is 0 Å². The molecule has 0 saturated heterocycles. The van der Waals surface area contributed by atoms with Crippen LogP contribution in [0.4, 0.5) is 0 Å². The molecule has 4 heteroatoms. The lowest BCUT2D eigenvalue weighted by molar-refractivity contribution is 0.667. The Balaban J connectivity index is 2.66. The van der Waals surface area contributed by atoms with Gasteiger partial charge in [0.15, 0.2) is 11.2 Å². The Hall–Kier alpha value is -1.48. The zero-order chi connectivity index (χ0) is 10.4. The molecular weight excluding hydrogens is 208 g/mol. The molecule has 0 fully saturated rings. The quantitative estimate of drug-likeness (QED) is 0.536. The number of pyridine rings is 1. The Kier molecular flexibility index (Phi) is 1.76. The first kappa shape index (κ1) is 8.80. The molecule has 3 aromatic rings. The summed E-state index contributed by atoms with van der Waals surface area (Å²) in [7, 11) is 5.90. The largest absolute Gasteiger partial charge is 0.453 e. The highest BCUT2D eigenvalue weighted by molar-refractivity contribution is 6.44. The Morgan fingerprint density at radius 1 is 1.27 bits per heavy atom. The molecule has 0 aliphatic carbocycles. The minimum absolute atomic E-state index is 0.565. The molecule has 0 amide bonds. The van der Waals surface area contributed by atoms with Crippen LogP contribution in [0, 0.1) is 0 Å². The van der Waals surface area contributed by atoms with E-state index in [1.807, 2.05) is 6.07 Å². The molecule has 0 N–H and O–H groups in total. The smallest absolute Gasteiger partial charge is 0.153 e. The van der Waals surface area contributed by atoms with Crippen molar-refractivity contribution in [2.24, 2.45) is 0 Å². The summed E-state index contributed by atoms with van der Waals surface area (Å²) in [6.45, 7) is 0. The predicted octanol–water partition coefficient (Wildman–Crippen LogP) is 2.43. The van der Waals surface area contributed by atoms with Crippen LogP contribution in [0.2, 0.25) is 5.02 Å². The van der Waals surface area contributed by atoms with Gasteiger partial charge < -0.3 is 4.42 Å². The van der Waals surface area contributed by atoms with Crippen molar-refractivity contribution in [1.82, 2.24) is 4.98 Å². The van der Waals surface area contributed by atoms with E-state index in [1.54, 1.807) is 24.5 Å². The third-order valence-electron chi connectivity index (χ3n) is 2.41. The third kappa shape index (κ3) is 1.16. The first-order valence-corrected chi connectivity index (χ1v) is 4.85. The zero-order valence-electron chi connectivity index (χ0n) is 7.70. The average Bonchev–Trinajstić information content (AvgIpc) is 2.64. The van der Waals surface area contributed by atoms with Crippen LogP contribution in [0.25, 0.3) is 21.9 Å². The van der Waals surface area contributed by atoms with E-state index in [0.29, 0.717) is 21.7 Å². The van der Waals surface area contributed by atoms with E-state index in [0.717, 1.165) is 10.8 Å². The van der Waals surface area contributed by atoms with Crippen LogP contribution < -0.4 is 5.46 Å². The number of halogens is 1. The van der Waals surface area contributed by atoms with E-state index in [2.05, 4.69) is 4.98 Å². The van der Waals surface area contributed by atoms with E-state index in [-0.39, 0.29) is 0 Å². The first-order valence-electron chi connectivity index (χ1n) is 4.47. The number of benzene rings is 1. The summed E-state index contributed by atoms with van der Waals surface area (Å²) in [5.74, 6) is 0. The maximum absolute atomic E-state index is 6.03. The van der Waals surface area contributed by atoms with E-state index in [1.165, 1.54) is 0 Å². The minimum atomic E-state index is 0.565. The summed E-state index contributed by atoms with van der Waals surface area (Å²) in [4.78, 5) is 3.99. The summed E-state index contributed by atoms with van der Waals surface area (Å²) in [5.41, 5.74) is 1.99. The van der Waals surface area contributed by atoms with Crippen LogP contribution in [-0.2, 0) is 0 Å². The van der Waals surface area contributed by atoms with Gasteiger partial charge in [0.2, 0.25) is 0 Å². The van der Waals surface area contributed by atoms with E-state index in [4.69, 9.17) is 23.9 Å². The van der Waals surface area contributed by atoms with Crippen LogP contribution >= 0.6 is 11.6 Å². The highest BCUT2D eigenvalue weighted by Crippen LogP contribution is 2.30. The van der Waals surface area contributed by atoms with E-state index in [9.17, 15) is 0 Å². The summed E-state index contributed by atoms with van der Waals surface area (Å²) in [6.07, 6.45) is 3.36. The molecule has 3 rings (SSSR count). The number of aromatic nitrogens is 1. The molecule has 0 saturated carbocycles. The molecule has 0 bridgehead atoms. The van der Waals surface area contributed by atoms with Crippen LogP contribution in [-0.4, -0.2) is 12.8 Å². The Labute approximate surface area is 92.3 Å². The zero-order valence-corrected chi connectivity index (χ0v) is 8.45. The predicted molar refractivity (Wildman–Crippen MR) is 61.9 cm³/mol. The van der Waals surface area contributed by atoms with Gasteiger partial charge in [0.1, 0.15) is 7.85 Å².